The lowest BCUT2D eigenvalue weighted by atomic mass is 9.92. The Morgan fingerprint density at radius 2 is 1.89 bits per heavy atom. The fourth-order valence-electron chi connectivity index (χ4n) is 2.87. The number of hydrogen-bond donors (Lipinski definition) is 1. The summed E-state index contributed by atoms with van der Waals surface area (Å²) in [6, 6.07) is 6.72. The Morgan fingerprint density at radius 1 is 1.26 bits per heavy atom. The predicted molar refractivity (Wildman–Crippen MR) is 75.9 cm³/mol. The molecule has 1 unspecified atom stereocenters. The lowest BCUT2D eigenvalue weighted by molar-refractivity contribution is 0.133. The van der Waals surface area contributed by atoms with Gasteiger partial charge in [-0.15, -0.1) is 0 Å². The molecule has 1 aromatic carbocycles. The van der Waals surface area contributed by atoms with Crippen LogP contribution in [0.25, 0.3) is 0 Å². The molecule has 1 N–H and O–H groups in total. The quantitative estimate of drug-likeness (QED) is 0.886. The average molecular weight is 266 g/mol. The molecule has 0 saturated carbocycles. The molecular weight excluding hydrogens is 243 g/mol. The van der Waals surface area contributed by atoms with Crippen molar-refractivity contribution in [3.63, 3.8) is 0 Å². The minimum atomic E-state index is -0.214. The zero-order valence-corrected chi connectivity index (χ0v) is 11.9. The van der Waals surface area contributed by atoms with E-state index >= 15 is 0 Å². The van der Waals surface area contributed by atoms with Gasteiger partial charge < -0.3 is 10.0 Å². The Labute approximate surface area is 114 Å². The highest BCUT2D eigenvalue weighted by Gasteiger charge is 2.32. The van der Waals surface area contributed by atoms with Crippen LogP contribution < -0.4 is 4.90 Å². The molecule has 1 fully saturated rings. The van der Waals surface area contributed by atoms with Crippen LogP contribution in [0.2, 0.25) is 0 Å². The molecule has 19 heavy (non-hydrogen) atoms. The maximum Gasteiger partial charge on any atom is 0.123 e. The molecule has 2 rings (SSSR count). The second kappa shape index (κ2) is 5.47. The third-order valence-corrected chi connectivity index (χ3v) is 3.75. The van der Waals surface area contributed by atoms with Crippen LogP contribution in [0.1, 0.15) is 13.8 Å². The second-order valence-electron chi connectivity index (χ2n) is 6.27. The number of aliphatic hydroxyl groups is 1. The highest BCUT2D eigenvalue weighted by atomic mass is 19.1. The summed E-state index contributed by atoms with van der Waals surface area (Å²) >= 11 is 0. The molecule has 0 bridgehead atoms. The van der Waals surface area contributed by atoms with Gasteiger partial charge in [-0.2, -0.15) is 0 Å². The predicted octanol–water partition coefficient (Wildman–Crippen LogP) is 1.96. The Balaban J connectivity index is 2.25. The molecule has 1 atom stereocenters. The van der Waals surface area contributed by atoms with E-state index in [1.54, 1.807) is 0 Å². The zero-order valence-electron chi connectivity index (χ0n) is 11.9. The van der Waals surface area contributed by atoms with Crippen LogP contribution in [0.4, 0.5) is 10.1 Å². The van der Waals surface area contributed by atoms with Crippen molar-refractivity contribution in [3.8, 4) is 0 Å². The summed E-state index contributed by atoms with van der Waals surface area (Å²) in [4.78, 5) is 4.45. The molecule has 1 heterocycles. The van der Waals surface area contributed by atoms with Gasteiger partial charge in [0.2, 0.25) is 0 Å². The first-order chi connectivity index (χ1) is 8.91. The third-order valence-electron chi connectivity index (χ3n) is 3.75. The summed E-state index contributed by atoms with van der Waals surface area (Å²) < 4.78 is 13.0. The molecule has 0 amide bonds. The lowest BCUT2D eigenvalue weighted by Crippen LogP contribution is -2.41. The van der Waals surface area contributed by atoms with Gasteiger partial charge in [0.05, 0.1) is 6.61 Å². The monoisotopic (exact) mass is 266 g/mol. The van der Waals surface area contributed by atoms with Crippen LogP contribution >= 0.6 is 0 Å². The number of rotatable bonds is 2. The molecule has 0 aliphatic carbocycles. The van der Waals surface area contributed by atoms with Crippen LogP contribution in [0.3, 0.4) is 0 Å². The number of halogens is 1. The van der Waals surface area contributed by atoms with Gasteiger partial charge in [0, 0.05) is 31.4 Å². The van der Waals surface area contributed by atoms with E-state index in [9.17, 15) is 9.50 Å². The Hall–Kier alpha value is -1.13. The number of likely N-dealkylation sites (N-methyl/N-ethyl adjacent to an activating group) is 1. The van der Waals surface area contributed by atoms with E-state index in [1.165, 1.54) is 12.1 Å². The molecule has 1 aliphatic rings. The molecular formula is C15H23FN2O. The maximum atomic E-state index is 13.0. The van der Waals surface area contributed by atoms with Gasteiger partial charge in [0.1, 0.15) is 5.82 Å². The molecule has 1 aliphatic heterocycles. The number of aliphatic hydroxyl groups excluding tert-OH is 1. The average Bonchev–Trinajstić information content (AvgIpc) is 2.45. The number of nitrogens with zero attached hydrogens (tertiary/aromatic N) is 2. The van der Waals surface area contributed by atoms with E-state index in [0.717, 1.165) is 25.3 Å². The van der Waals surface area contributed by atoms with Crippen molar-refractivity contribution in [3.05, 3.63) is 30.1 Å². The normalized spacial score (nSPS) is 24.3. The van der Waals surface area contributed by atoms with Crippen LogP contribution in [0.15, 0.2) is 24.3 Å². The highest BCUT2D eigenvalue weighted by molar-refractivity contribution is 5.47. The SMILES string of the molecule is CN1CC(C)(C)CN(c2ccc(F)cc2)CC1CO. The van der Waals surface area contributed by atoms with E-state index < -0.39 is 0 Å². The van der Waals surface area contributed by atoms with Gasteiger partial charge in [0.25, 0.3) is 0 Å². The number of anilines is 1. The van der Waals surface area contributed by atoms with Crippen LogP contribution in [-0.2, 0) is 0 Å². The molecule has 106 valence electrons. The minimum absolute atomic E-state index is 0.117. The van der Waals surface area contributed by atoms with Gasteiger partial charge in [-0.25, -0.2) is 4.39 Å². The van der Waals surface area contributed by atoms with E-state index in [-0.39, 0.29) is 23.9 Å². The number of hydrogen-bond acceptors (Lipinski definition) is 3. The Morgan fingerprint density at radius 3 is 2.47 bits per heavy atom. The third kappa shape index (κ3) is 3.45. The summed E-state index contributed by atoms with van der Waals surface area (Å²) in [6.45, 7) is 7.20. The fourth-order valence-corrected chi connectivity index (χ4v) is 2.87. The first kappa shape index (κ1) is 14.3. The van der Waals surface area contributed by atoms with E-state index in [1.807, 2.05) is 12.1 Å². The summed E-state index contributed by atoms with van der Waals surface area (Å²) in [6.07, 6.45) is 0. The molecule has 1 saturated heterocycles. The van der Waals surface area contributed by atoms with Crippen LogP contribution in [0.5, 0.6) is 0 Å². The largest absolute Gasteiger partial charge is 0.395 e. The first-order valence-corrected chi connectivity index (χ1v) is 6.73. The molecule has 0 aromatic heterocycles. The summed E-state index contributed by atoms with van der Waals surface area (Å²) in [5, 5.41) is 9.54. The first-order valence-electron chi connectivity index (χ1n) is 6.73. The van der Waals surface area contributed by atoms with Crippen molar-refractivity contribution in [1.29, 1.82) is 0 Å². The van der Waals surface area contributed by atoms with E-state index in [4.69, 9.17) is 0 Å². The van der Waals surface area contributed by atoms with Crippen molar-refractivity contribution in [2.24, 2.45) is 5.41 Å². The standard InChI is InChI=1S/C15H23FN2O/c1-15(2)10-17(3)14(9-19)8-18(11-15)13-6-4-12(16)5-7-13/h4-7,14,19H,8-11H2,1-3H3. The molecule has 0 spiro atoms. The number of benzene rings is 1. The highest BCUT2D eigenvalue weighted by Crippen LogP contribution is 2.27. The van der Waals surface area contributed by atoms with Crippen molar-refractivity contribution in [2.45, 2.75) is 19.9 Å². The molecule has 0 radical (unpaired) electrons. The summed E-state index contributed by atoms with van der Waals surface area (Å²) in [7, 11) is 2.05. The van der Waals surface area contributed by atoms with Crippen molar-refractivity contribution in [1.82, 2.24) is 4.90 Å². The summed E-state index contributed by atoms with van der Waals surface area (Å²) in [5.41, 5.74) is 1.15. The van der Waals surface area contributed by atoms with Crippen molar-refractivity contribution >= 4 is 5.69 Å². The van der Waals surface area contributed by atoms with Gasteiger partial charge in [-0.3, -0.25) is 4.90 Å². The summed E-state index contributed by atoms with van der Waals surface area (Å²) in [5.74, 6) is -0.214. The lowest BCUT2D eigenvalue weighted by Gasteiger charge is -2.31. The van der Waals surface area contributed by atoms with Crippen molar-refractivity contribution in [2.75, 3.05) is 38.2 Å². The maximum absolute atomic E-state index is 13.0. The van der Waals surface area contributed by atoms with Gasteiger partial charge in [-0.05, 0) is 36.7 Å². The second-order valence-corrected chi connectivity index (χ2v) is 6.27. The van der Waals surface area contributed by atoms with Crippen molar-refractivity contribution < 1.29 is 9.50 Å². The Kier molecular flexibility index (Phi) is 4.11. The zero-order chi connectivity index (χ0) is 14.0. The van der Waals surface area contributed by atoms with Crippen LogP contribution in [-0.4, -0.2) is 49.3 Å². The smallest absolute Gasteiger partial charge is 0.123 e. The fraction of sp³-hybridized carbons (Fsp3) is 0.600. The Bertz CT molecular complexity index is 419. The van der Waals surface area contributed by atoms with Gasteiger partial charge in [-0.1, -0.05) is 13.8 Å². The molecule has 1 aromatic rings. The van der Waals surface area contributed by atoms with Gasteiger partial charge >= 0.3 is 0 Å². The van der Waals surface area contributed by atoms with E-state index in [0.29, 0.717) is 0 Å². The van der Waals surface area contributed by atoms with Crippen LogP contribution in [0, 0.1) is 11.2 Å². The van der Waals surface area contributed by atoms with Gasteiger partial charge in [0.15, 0.2) is 0 Å². The van der Waals surface area contributed by atoms with E-state index in [2.05, 4.69) is 30.7 Å². The topological polar surface area (TPSA) is 26.7 Å². The molecule has 4 heteroatoms. The molecule has 3 nitrogen and oxygen atoms in total. The minimum Gasteiger partial charge on any atom is -0.395 e.